The summed E-state index contributed by atoms with van der Waals surface area (Å²) in [5, 5.41) is 5.07. The van der Waals surface area contributed by atoms with Crippen LogP contribution in [-0.4, -0.2) is 31.5 Å². The summed E-state index contributed by atoms with van der Waals surface area (Å²) >= 11 is 0. The molecule has 0 radical (unpaired) electrons. The van der Waals surface area contributed by atoms with Gasteiger partial charge >= 0.3 is 20.1 Å². The van der Waals surface area contributed by atoms with Crippen molar-refractivity contribution in [1.29, 1.82) is 0 Å². The van der Waals surface area contributed by atoms with Crippen molar-refractivity contribution >= 4 is 145 Å². The maximum absolute atomic E-state index is 15.1. The molecule has 0 fully saturated rings. The van der Waals surface area contributed by atoms with Crippen LogP contribution in [-0.2, 0) is 29.7 Å². The molecule has 16 aromatic carbocycles. The Hall–Kier alpha value is -14.3. The van der Waals surface area contributed by atoms with Crippen LogP contribution in [0, 0.1) is 70.3 Å². The van der Waals surface area contributed by atoms with Crippen LogP contribution < -0.4 is 19.6 Å². The topological polar surface area (TPSA) is 98.7 Å². The Morgan fingerprint density at radius 2 is 0.500 bits per heavy atom. The SMILES string of the molecule is CC(=O)CC(C)=O.Fc1c(F)c(F)c(-c2cnc3c4[c-]cc(N(c5ccccc5)c5ccccc5)cc4c4cc(N(c5ccccc5)c5ccccc5)ccc4c3n2)c(F)c1F.Fc1c(F)c(F)c(-c2cnc3c4[c-]cc(N(c5ccccc5)c5ccccc5)cc4c4cc(N(c5ccccc5)c5ccccc5)ccc4c3n2)c(F)c1F.[Ir+3]. The van der Waals surface area contributed by atoms with Gasteiger partial charge in [-0.05, 0) is 168 Å². The molecule has 0 amide bonds. The van der Waals surface area contributed by atoms with Gasteiger partial charge in [-0.1, -0.05) is 168 Å². The van der Waals surface area contributed by atoms with Crippen LogP contribution >= 0.6 is 0 Å². The van der Waals surface area contributed by atoms with Crippen LogP contribution in [0.5, 0.6) is 0 Å². The Morgan fingerprint density at radius 1 is 0.271 bits per heavy atom. The number of para-hydroxylation sites is 8. The number of rotatable bonds is 16. The molecule has 2 heterocycles. The van der Waals surface area contributed by atoms with Crippen molar-refractivity contribution in [3.05, 3.63) is 386 Å². The Balaban J connectivity index is 0.000000169. The van der Waals surface area contributed by atoms with Crippen LogP contribution in [0.2, 0.25) is 0 Å². The zero-order chi connectivity index (χ0) is 81.1. The second-order valence-corrected chi connectivity index (χ2v) is 27.2. The second-order valence-electron chi connectivity index (χ2n) is 27.2. The first-order valence-electron chi connectivity index (χ1n) is 36.7. The van der Waals surface area contributed by atoms with E-state index in [0.29, 0.717) is 43.4 Å². The van der Waals surface area contributed by atoms with E-state index in [-0.39, 0.29) is 49.1 Å². The molecule has 0 aliphatic carbocycles. The van der Waals surface area contributed by atoms with E-state index in [4.69, 9.17) is 0 Å². The molecule has 10 nitrogen and oxygen atoms in total. The summed E-state index contributed by atoms with van der Waals surface area (Å²) in [6.07, 6.45) is 2.13. The number of hydrogen-bond donors (Lipinski definition) is 0. The fourth-order valence-electron chi connectivity index (χ4n) is 14.4. The molecule has 0 aliphatic rings. The van der Waals surface area contributed by atoms with Crippen molar-refractivity contribution in [2.75, 3.05) is 19.6 Å². The number of Topliss-reactive ketones (excluding diaryl/α,β-unsaturated/α-hetero) is 2. The van der Waals surface area contributed by atoms with Crippen molar-refractivity contribution in [2.45, 2.75) is 20.3 Å². The van der Waals surface area contributed by atoms with E-state index in [0.717, 1.165) is 91.4 Å². The maximum atomic E-state index is 15.1. The molecule has 0 atom stereocenters. The predicted octanol–water partition coefficient (Wildman–Crippen LogP) is 26.6. The van der Waals surface area contributed by atoms with Crippen molar-refractivity contribution in [1.82, 2.24) is 19.9 Å². The van der Waals surface area contributed by atoms with Crippen LogP contribution in [0.1, 0.15) is 20.3 Å². The minimum atomic E-state index is -2.25. The standard InChI is InChI=1S/2C46H26F5N4.C5H8O2.Ir/c2*47-40-39(41(48)43(50)44(51)42(40)49)38-27-52-45-34-23-21-32(54(28-13-5-1-6-14-28)29-15-7-2-8-16-29)25-36(34)37-26-33(22-24-35(37)46(45)53-38)55(30-17-9-3-10-18-30)31-19-11-4-12-20-31;1-4(6)3-5(2)7;/h2*1-22,24-27H;3H2,1-2H3;/q2*-1;;+3. The average molecular weight is 1750 g/mol. The van der Waals surface area contributed by atoms with E-state index < -0.39 is 80.7 Å². The molecule has 18 aromatic rings. The number of hydrogen-bond acceptors (Lipinski definition) is 10. The molecule has 578 valence electrons. The third-order valence-electron chi connectivity index (χ3n) is 19.5. The number of halogens is 10. The van der Waals surface area contributed by atoms with Crippen LogP contribution in [0.3, 0.4) is 0 Å². The van der Waals surface area contributed by atoms with E-state index >= 15 is 17.6 Å². The molecule has 0 spiro atoms. The van der Waals surface area contributed by atoms with Gasteiger partial charge in [0.05, 0.1) is 40.0 Å². The summed E-state index contributed by atoms with van der Waals surface area (Å²) in [6.45, 7) is 2.81. The third-order valence-corrected chi connectivity index (χ3v) is 19.5. The summed E-state index contributed by atoms with van der Waals surface area (Å²) < 4.78 is 146. The summed E-state index contributed by atoms with van der Waals surface area (Å²) in [6, 6.07) is 105. The molecule has 2 aromatic heterocycles. The van der Waals surface area contributed by atoms with Gasteiger partial charge in [-0.15, -0.1) is 47.2 Å². The van der Waals surface area contributed by atoms with E-state index in [1.807, 2.05) is 303 Å². The van der Waals surface area contributed by atoms with Gasteiger partial charge in [-0.2, -0.15) is 0 Å². The van der Waals surface area contributed by atoms with Gasteiger partial charge in [0, 0.05) is 80.3 Å². The van der Waals surface area contributed by atoms with Crippen LogP contribution in [0.4, 0.5) is 112 Å². The summed E-state index contributed by atoms with van der Waals surface area (Å²) in [7, 11) is 0. The minimum Gasteiger partial charge on any atom is -0.352 e. The zero-order valence-corrected chi connectivity index (χ0v) is 64.6. The number of carbonyl (C=O) groups is 2. The van der Waals surface area contributed by atoms with Crippen LogP contribution in [0.15, 0.2) is 316 Å². The smallest absolute Gasteiger partial charge is 0.352 e. The Bertz CT molecular complexity index is 6200. The Morgan fingerprint density at radius 3 is 0.737 bits per heavy atom. The van der Waals surface area contributed by atoms with Gasteiger partial charge in [0.15, 0.2) is 46.5 Å². The van der Waals surface area contributed by atoms with Crippen molar-refractivity contribution in [3.8, 4) is 22.5 Å². The molecule has 0 unspecified atom stereocenters. The van der Waals surface area contributed by atoms with E-state index in [1.54, 1.807) is 0 Å². The summed E-state index contributed by atoms with van der Waals surface area (Å²) in [5.74, 6) is -20.8. The van der Waals surface area contributed by atoms with Gasteiger partial charge in [-0.25, -0.2) is 43.9 Å². The average Bonchev–Trinajstić information content (AvgIpc) is 0.729. The number of aromatic nitrogens is 4. The molecular weight excluding hydrogens is 1690 g/mol. The molecule has 0 saturated heterocycles. The molecule has 0 saturated carbocycles. The van der Waals surface area contributed by atoms with Gasteiger partial charge in [-0.3, -0.25) is 19.6 Å². The van der Waals surface area contributed by atoms with Crippen molar-refractivity contribution in [2.24, 2.45) is 0 Å². The van der Waals surface area contributed by atoms with Crippen LogP contribution in [0.25, 0.3) is 87.7 Å². The monoisotopic (exact) mass is 1750 g/mol. The normalized spacial score (nSPS) is 11.1. The number of nitrogens with zero attached hydrogens (tertiary/aromatic N) is 8. The zero-order valence-electron chi connectivity index (χ0n) is 62.2. The molecule has 0 bridgehead atoms. The molecule has 18 rings (SSSR count). The first-order valence-corrected chi connectivity index (χ1v) is 36.7. The number of benzene rings is 16. The predicted molar refractivity (Wildman–Crippen MR) is 442 cm³/mol. The second kappa shape index (κ2) is 34.0. The van der Waals surface area contributed by atoms with Gasteiger partial charge in [0.25, 0.3) is 0 Å². The largest absolute Gasteiger partial charge is 3.00 e. The van der Waals surface area contributed by atoms with Crippen molar-refractivity contribution in [3.63, 3.8) is 0 Å². The Labute approximate surface area is 682 Å². The number of fused-ring (bicyclic) bond motifs is 12. The maximum Gasteiger partial charge on any atom is 3.00 e. The molecule has 0 aliphatic heterocycles. The van der Waals surface area contributed by atoms with E-state index in [9.17, 15) is 35.9 Å². The molecule has 0 N–H and O–H groups in total. The molecule has 118 heavy (non-hydrogen) atoms. The third kappa shape index (κ3) is 15.3. The quantitative estimate of drug-likeness (QED) is 0.0232. The first kappa shape index (κ1) is 79.0. The first-order chi connectivity index (χ1) is 56.9. The molecule has 21 heteroatoms. The fraction of sp³-hybridized carbons (Fsp3) is 0.0309. The summed E-state index contributed by atoms with van der Waals surface area (Å²) in [5.41, 5.74) is 8.20. The number of carbonyl (C=O) groups excluding carboxylic acids is 2. The van der Waals surface area contributed by atoms with Crippen molar-refractivity contribution < 1.29 is 73.6 Å². The number of ketones is 2. The molecular formula is C97H60F10IrN8O2+. The Kier molecular flexibility index (Phi) is 22.8. The van der Waals surface area contributed by atoms with Gasteiger partial charge in [0.1, 0.15) is 11.6 Å². The van der Waals surface area contributed by atoms with Gasteiger partial charge < -0.3 is 29.6 Å². The minimum absolute atomic E-state index is 0. The fourth-order valence-corrected chi connectivity index (χ4v) is 14.4. The van der Waals surface area contributed by atoms with Gasteiger partial charge in [0.2, 0.25) is 11.6 Å². The number of anilines is 12. The van der Waals surface area contributed by atoms with E-state index in [1.165, 1.54) is 13.8 Å². The summed E-state index contributed by atoms with van der Waals surface area (Å²) in [4.78, 5) is 46.7. The van der Waals surface area contributed by atoms with E-state index in [2.05, 4.69) is 51.7 Å².